The van der Waals surface area contributed by atoms with Crippen LogP contribution in [0.1, 0.15) is 12.5 Å². The maximum Gasteiger partial charge on any atom is 0.242 e. The fourth-order valence-corrected chi connectivity index (χ4v) is 2.43. The van der Waals surface area contributed by atoms with Gasteiger partial charge in [0.1, 0.15) is 6.04 Å². The molecule has 0 saturated carbocycles. The second-order valence-electron chi connectivity index (χ2n) is 5.74. The van der Waals surface area contributed by atoms with Gasteiger partial charge in [-0.2, -0.15) is 4.31 Å². The van der Waals surface area contributed by atoms with Gasteiger partial charge >= 0.3 is 0 Å². The number of benzene rings is 1. The number of carbonyl (C=O) groups is 2. The highest BCUT2D eigenvalue weighted by atomic mass is 32.2. The summed E-state index contributed by atoms with van der Waals surface area (Å²) in [6, 6.07) is 8.46. The number of rotatable bonds is 9. The van der Waals surface area contributed by atoms with Gasteiger partial charge in [0.2, 0.25) is 21.8 Å². The van der Waals surface area contributed by atoms with Crippen molar-refractivity contribution in [2.75, 3.05) is 26.4 Å². The predicted octanol–water partition coefficient (Wildman–Crippen LogP) is 0.597. The molecule has 8 heteroatoms. The first kappa shape index (κ1) is 20.9. The molecule has 2 amide bonds. The maximum absolute atomic E-state index is 12.6. The van der Waals surface area contributed by atoms with Crippen molar-refractivity contribution < 1.29 is 18.0 Å². The van der Waals surface area contributed by atoms with Crippen molar-refractivity contribution in [3.63, 3.8) is 0 Å². The van der Waals surface area contributed by atoms with Crippen molar-refractivity contribution in [1.29, 1.82) is 0 Å². The van der Waals surface area contributed by atoms with Gasteiger partial charge < -0.3 is 10.2 Å². The van der Waals surface area contributed by atoms with E-state index < -0.39 is 22.0 Å². The average Bonchev–Trinajstić information content (AvgIpc) is 2.56. The van der Waals surface area contributed by atoms with Crippen LogP contribution in [0.2, 0.25) is 0 Å². The minimum Gasteiger partial charge on any atom is -0.351 e. The van der Waals surface area contributed by atoms with Crippen molar-refractivity contribution in [2.24, 2.45) is 0 Å². The van der Waals surface area contributed by atoms with Gasteiger partial charge in [-0.3, -0.25) is 9.59 Å². The molecule has 138 valence electrons. The molecule has 1 rings (SSSR count). The van der Waals surface area contributed by atoms with E-state index >= 15 is 0 Å². The van der Waals surface area contributed by atoms with Crippen molar-refractivity contribution in [3.8, 4) is 0 Å². The molecule has 0 aliphatic carbocycles. The van der Waals surface area contributed by atoms with Gasteiger partial charge in [0.05, 0.1) is 12.8 Å². The average molecular weight is 367 g/mol. The number of nitrogens with zero attached hydrogens (tertiary/aromatic N) is 2. The minimum absolute atomic E-state index is 0.208. The van der Waals surface area contributed by atoms with Crippen LogP contribution in [0.4, 0.5) is 0 Å². The molecule has 0 saturated heterocycles. The maximum atomic E-state index is 12.6. The summed E-state index contributed by atoms with van der Waals surface area (Å²) < 4.78 is 24.1. The Morgan fingerprint density at radius 2 is 1.88 bits per heavy atom. The molecule has 0 bridgehead atoms. The van der Waals surface area contributed by atoms with E-state index in [1.807, 2.05) is 30.3 Å². The number of hydrogen-bond donors (Lipinski definition) is 1. The number of likely N-dealkylation sites (N-methyl/N-ethyl adjacent to an activating group) is 1. The third-order valence-corrected chi connectivity index (χ3v) is 4.97. The van der Waals surface area contributed by atoms with E-state index in [-0.39, 0.29) is 19.0 Å². The standard InChI is InChI=1S/C17H25N3O4S/c1-5-11-18-17(22)14(2)20(12-15-9-7-6-8-10-15)16(21)13-19(3)25(4,23)24/h5-10,14H,1,11-13H2,2-4H3,(H,18,22)/t14-/m0/s1. The van der Waals surface area contributed by atoms with E-state index in [0.717, 1.165) is 16.1 Å². The second kappa shape index (κ2) is 9.33. The fraction of sp³-hybridized carbons (Fsp3) is 0.412. The predicted molar refractivity (Wildman–Crippen MR) is 97.1 cm³/mol. The number of nitrogens with one attached hydrogen (secondary N) is 1. The number of amides is 2. The number of hydrogen-bond acceptors (Lipinski definition) is 4. The van der Waals surface area contributed by atoms with Crippen molar-refractivity contribution >= 4 is 21.8 Å². The zero-order valence-corrected chi connectivity index (χ0v) is 15.6. The SMILES string of the molecule is C=CCNC(=O)[C@H](C)N(Cc1ccccc1)C(=O)CN(C)S(C)(=O)=O. The van der Waals surface area contributed by atoms with E-state index in [9.17, 15) is 18.0 Å². The lowest BCUT2D eigenvalue weighted by Gasteiger charge is -2.30. The molecule has 1 aromatic rings. The molecular formula is C17H25N3O4S. The Hall–Kier alpha value is -2.19. The molecule has 0 aliphatic rings. The van der Waals surface area contributed by atoms with Crippen molar-refractivity contribution in [2.45, 2.75) is 19.5 Å². The van der Waals surface area contributed by atoms with E-state index in [1.165, 1.54) is 11.9 Å². The van der Waals surface area contributed by atoms with Gasteiger partial charge in [-0.15, -0.1) is 6.58 Å². The summed E-state index contributed by atoms with van der Waals surface area (Å²) in [6.07, 6.45) is 2.58. The summed E-state index contributed by atoms with van der Waals surface area (Å²) in [7, 11) is -2.16. The van der Waals surface area contributed by atoms with Crippen LogP contribution in [0.25, 0.3) is 0 Å². The molecule has 1 aromatic carbocycles. The van der Waals surface area contributed by atoms with Crippen LogP contribution in [-0.4, -0.2) is 61.9 Å². The largest absolute Gasteiger partial charge is 0.351 e. The van der Waals surface area contributed by atoms with E-state index in [4.69, 9.17) is 0 Å². The van der Waals surface area contributed by atoms with Crippen LogP contribution in [-0.2, 0) is 26.2 Å². The van der Waals surface area contributed by atoms with Crippen LogP contribution in [0.15, 0.2) is 43.0 Å². The van der Waals surface area contributed by atoms with E-state index in [2.05, 4.69) is 11.9 Å². The summed E-state index contributed by atoms with van der Waals surface area (Å²) in [5.74, 6) is -0.774. The molecule has 0 radical (unpaired) electrons. The van der Waals surface area contributed by atoms with Gasteiger partial charge in [-0.05, 0) is 12.5 Å². The van der Waals surface area contributed by atoms with Crippen molar-refractivity contribution in [3.05, 3.63) is 48.6 Å². The third kappa shape index (κ3) is 6.67. The topological polar surface area (TPSA) is 86.8 Å². The summed E-state index contributed by atoms with van der Waals surface area (Å²) in [5, 5.41) is 2.65. The van der Waals surface area contributed by atoms with E-state index in [1.54, 1.807) is 13.0 Å². The Balaban J connectivity index is 2.99. The molecule has 0 heterocycles. The lowest BCUT2D eigenvalue weighted by Crippen LogP contribution is -2.50. The first-order valence-corrected chi connectivity index (χ1v) is 9.65. The molecule has 0 fully saturated rings. The molecule has 1 N–H and O–H groups in total. The summed E-state index contributed by atoms with van der Waals surface area (Å²) in [4.78, 5) is 26.3. The van der Waals surface area contributed by atoms with Gasteiger partial charge in [-0.1, -0.05) is 36.4 Å². The van der Waals surface area contributed by atoms with Crippen LogP contribution in [0.3, 0.4) is 0 Å². The highest BCUT2D eigenvalue weighted by Crippen LogP contribution is 2.10. The van der Waals surface area contributed by atoms with Crippen LogP contribution >= 0.6 is 0 Å². The molecule has 0 aromatic heterocycles. The fourth-order valence-electron chi connectivity index (χ4n) is 2.08. The van der Waals surface area contributed by atoms with Crippen LogP contribution in [0.5, 0.6) is 0 Å². The molecular weight excluding hydrogens is 342 g/mol. The van der Waals surface area contributed by atoms with Crippen molar-refractivity contribution in [1.82, 2.24) is 14.5 Å². The lowest BCUT2D eigenvalue weighted by atomic mass is 10.1. The Morgan fingerprint density at radius 3 is 2.40 bits per heavy atom. The normalized spacial score (nSPS) is 12.5. The summed E-state index contributed by atoms with van der Waals surface area (Å²) >= 11 is 0. The Bertz CT molecular complexity index is 704. The first-order chi connectivity index (χ1) is 11.7. The number of carbonyl (C=O) groups excluding carboxylic acids is 2. The van der Waals surface area contributed by atoms with Crippen LogP contribution < -0.4 is 5.32 Å². The summed E-state index contributed by atoms with van der Waals surface area (Å²) in [6.45, 7) is 5.32. The Kier molecular flexibility index (Phi) is 7.79. The smallest absolute Gasteiger partial charge is 0.242 e. The van der Waals surface area contributed by atoms with Gasteiger partial charge in [0.25, 0.3) is 0 Å². The summed E-state index contributed by atoms with van der Waals surface area (Å²) in [5.41, 5.74) is 0.848. The van der Waals surface area contributed by atoms with Gasteiger partial charge in [0.15, 0.2) is 0 Å². The third-order valence-electron chi connectivity index (χ3n) is 3.71. The quantitative estimate of drug-likeness (QED) is 0.648. The highest BCUT2D eigenvalue weighted by molar-refractivity contribution is 7.88. The molecule has 25 heavy (non-hydrogen) atoms. The molecule has 7 nitrogen and oxygen atoms in total. The Morgan fingerprint density at radius 1 is 1.28 bits per heavy atom. The van der Waals surface area contributed by atoms with Gasteiger partial charge in [0, 0.05) is 20.1 Å². The molecule has 0 spiro atoms. The zero-order valence-electron chi connectivity index (χ0n) is 14.8. The monoisotopic (exact) mass is 367 g/mol. The highest BCUT2D eigenvalue weighted by Gasteiger charge is 2.28. The zero-order chi connectivity index (χ0) is 19.0. The Labute approximate surface area is 149 Å². The molecule has 1 atom stereocenters. The molecule has 0 unspecified atom stereocenters. The first-order valence-electron chi connectivity index (χ1n) is 7.80. The van der Waals surface area contributed by atoms with Crippen LogP contribution in [0, 0.1) is 0 Å². The second-order valence-corrected chi connectivity index (χ2v) is 7.83. The lowest BCUT2D eigenvalue weighted by molar-refractivity contribution is -0.140. The van der Waals surface area contributed by atoms with Gasteiger partial charge in [-0.25, -0.2) is 8.42 Å². The minimum atomic E-state index is -3.49. The number of sulfonamides is 1. The van der Waals surface area contributed by atoms with E-state index in [0.29, 0.717) is 6.54 Å². The molecule has 0 aliphatic heterocycles.